The monoisotopic (exact) mass is 495 g/mol. The molecule has 0 unspecified atom stereocenters. The minimum absolute atomic E-state index is 0.0203. The molecule has 6 heterocycles. The van der Waals surface area contributed by atoms with Crippen molar-refractivity contribution < 1.29 is 23.4 Å². The molecule has 0 atom stereocenters. The van der Waals surface area contributed by atoms with Crippen LogP contribution in [0.5, 0.6) is 11.6 Å². The third-order valence-electron chi connectivity index (χ3n) is 7.93. The molecule has 0 spiro atoms. The zero-order chi connectivity index (χ0) is 24.8. The SMILES string of the molecule is COc1ccc2c(n1)C(CCC13CCC(NCc4cc5c(cn4)OCC(=O)N5)(CC1)CO3)=C(F)CN2. The van der Waals surface area contributed by atoms with Crippen molar-refractivity contribution in [3.05, 3.63) is 41.6 Å². The van der Waals surface area contributed by atoms with E-state index in [0.29, 0.717) is 48.2 Å². The van der Waals surface area contributed by atoms with Crippen LogP contribution >= 0.6 is 0 Å². The fraction of sp³-hybridized carbons (Fsp3) is 0.500. The number of anilines is 2. The average Bonchev–Trinajstić information content (AvgIpc) is 2.92. The molecule has 1 saturated carbocycles. The Labute approximate surface area is 208 Å². The van der Waals surface area contributed by atoms with Crippen LogP contribution in [0.25, 0.3) is 5.57 Å². The molecule has 3 fully saturated rings. The second kappa shape index (κ2) is 9.01. The number of nitrogens with one attached hydrogen (secondary N) is 3. The maximum atomic E-state index is 14.9. The van der Waals surface area contributed by atoms with Gasteiger partial charge in [-0.15, -0.1) is 0 Å². The van der Waals surface area contributed by atoms with Gasteiger partial charge in [-0.2, -0.15) is 0 Å². The lowest BCUT2D eigenvalue weighted by molar-refractivity contribution is -0.165. The molecule has 5 aliphatic rings. The summed E-state index contributed by atoms with van der Waals surface area (Å²) in [5.41, 5.74) is 3.29. The second-order valence-electron chi connectivity index (χ2n) is 10.1. The molecule has 0 radical (unpaired) electrons. The molecular formula is C26H30FN5O4. The van der Waals surface area contributed by atoms with E-state index in [2.05, 4.69) is 25.9 Å². The van der Waals surface area contributed by atoms with Gasteiger partial charge in [-0.3, -0.25) is 9.78 Å². The zero-order valence-corrected chi connectivity index (χ0v) is 20.3. The summed E-state index contributed by atoms with van der Waals surface area (Å²) in [6.07, 6.45) is 6.82. The van der Waals surface area contributed by atoms with Crippen molar-refractivity contribution >= 4 is 22.9 Å². The third-order valence-corrected chi connectivity index (χ3v) is 7.93. The van der Waals surface area contributed by atoms with Crippen molar-refractivity contribution in [1.29, 1.82) is 0 Å². The topological polar surface area (TPSA) is 107 Å². The fourth-order valence-corrected chi connectivity index (χ4v) is 5.66. The Hall–Kier alpha value is -3.24. The van der Waals surface area contributed by atoms with Crippen molar-refractivity contribution in [1.82, 2.24) is 15.3 Å². The number of ether oxygens (including phenoxy) is 3. The third kappa shape index (κ3) is 4.28. The summed E-state index contributed by atoms with van der Waals surface area (Å²) in [4.78, 5) is 20.6. The molecule has 0 aromatic carbocycles. The molecule has 190 valence electrons. The lowest BCUT2D eigenvalue weighted by Gasteiger charge is -2.53. The number of nitrogens with zero attached hydrogens (tertiary/aromatic N) is 2. The molecule has 4 aliphatic heterocycles. The number of carbonyl (C=O) groups excluding carboxylic acids is 1. The Morgan fingerprint density at radius 3 is 2.86 bits per heavy atom. The first-order valence-electron chi connectivity index (χ1n) is 12.4. The normalized spacial score (nSPS) is 26.4. The van der Waals surface area contributed by atoms with E-state index in [1.807, 2.05) is 12.1 Å². The molecule has 1 aliphatic carbocycles. The van der Waals surface area contributed by atoms with Gasteiger partial charge in [0.15, 0.2) is 12.4 Å². The number of rotatable bonds is 7. The molecule has 2 saturated heterocycles. The molecule has 2 aromatic heterocycles. The largest absolute Gasteiger partial charge is 0.481 e. The van der Waals surface area contributed by atoms with Crippen LogP contribution < -0.4 is 25.4 Å². The van der Waals surface area contributed by atoms with Gasteiger partial charge >= 0.3 is 0 Å². The molecule has 3 N–H and O–H groups in total. The first kappa shape index (κ1) is 23.2. The van der Waals surface area contributed by atoms with Crippen LogP contribution in [-0.4, -0.2) is 53.9 Å². The van der Waals surface area contributed by atoms with Gasteiger partial charge in [-0.05, 0) is 50.7 Å². The van der Waals surface area contributed by atoms with Crippen LogP contribution in [0.4, 0.5) is 15.8 Å². The molecule has 36 heavy (non-hydrogen) atoms. The first-order valence-corrected chi connectivity index (χ1v) is 12.4. The number of hydrogen-bond donors (Lipinski definition) is 3. The van der Waals surface area contributed by atoms with Crippen LogP contribution in [-0.2, 0) is 16.1 Å². The minimum Gasteiger partial charge on any atom is -0.481 e. The summed E-state index contributed by atoms with van der Waals surface area (Å²) in [6.45, 7) is 1.40. The highest BCUT2D eigenvalue weighted by Gasteiger charge is 2.49. The molecule has 2 aromatic rings. The summed E-state index contributed by atoms with van der Waals surface area (Å²) < 4.78 is 32.0. The Bertz CT molecular complexity index is 1210. The van der Waals surface area contributed by atoms with Crippen molar-refractivity contribution in [3.63, 3.8) is 0 Å². The van der Waals surface area contributed by atoms with Crippen LogP contribution in [0, 0.1) is 0 Å². The van der Waals surface area contributed by atoms with Crippen LogP contribution in [0.15, 0.2) is 30.2 Å². The smallest absolute Gasteiger partial charge is 0.262 e. The number of methoxy groups -OCH3 is 1. The predicted octanol–water partition coefficient (Wildman–Crippen LogP) is 3.57. The highest BCUT2D eigenvalue weighted by molar-refractivity contribution is 5.95. The van der Waals surface area contributed by atoms with Crippen LogP contribution in [0.3, 0.4) is 0 Å². The van der Waals surface area contributed by atoms with Gasteiger partial charge in [-0.1, -0.05) is 0 Å². The highest BCUT2D eigenvalue weighted by atomic mass is 19.1. The lowest BCUT2D eigenvalue weighted by Crippen LogP contribution is -2.61. The van der Waals surface area contributed by atoms with Crippen molar-refractivity contribution in [2.75, 3.05) is 37.5 Å². The van der Waals surface area contributed by atoms with E-state index in [-0.39, 0.29) is 36.0 Å². The zero-order valence-electron chi connectivity index (χ0n) is 20.3. The van der Waals surface area contributed by atoms with Crippen molar-refractivity contribution in [2.24, 2.45) is 0 Å². The Morgan fingerprint density at radius 2 is 2.08 bits per heavy atom. The van der Waals surface area contributed by atoms with Gasteiger partial charge in [0.25, 0.3) is 5.91 Å². The maximum Gasteiger partial charge on any atom is 0.262 e. The fourth-order valence-electron chi connectivity index (χ4n) is 5.66. The van der Waals surface area contributed by atoms with E-state index < -0.39 is 0 Å². The van der Waals surface area contributed by atoms with Crippen molar-refractivity contribution in [3.8, 4) is 11.6 Å². The molecule has 9 nitrogen and oxygen atoms in total. The van der Waals surface area contributed by atoms with E-state index in [9.17, 15) is 9.18 Å². The number of allylic oxidation sites excluding steroid dienone is 1. The van der Waals surface area contributed by atoms with Gasteiger partial charge in [0.1, 0.15) is 5.83 Å². The number of hydrogen-bond acceptors (Lipinski definition) is 8. The number of pyridine rings is 2. The highest BCUT2D eigenvalue weighted by Crippen LogP contribution is 2.48. The van der Waals surface area contributed by atoms with Gasteiger partial charge in [0, 0.05) is 23.7 Å². The summed E-state index contributed by atoms with van der Waals surface area (Å²) in [7, 11) is 1.57. The maximum absolute atomic E-state index is 14.9. The van der Waals surface area contributed by atoms with Gasteiger partial charge in [0.05, 0.1) is 54.8 Å². The Balaban J connectivity index is 1.08. The number of aromatic nitrogens is 2. The molecule has 10 heteroatoms. The van der Waals surface area contributed by atoms with E-state index in [1.54, 1.807) is 19.4 Å². The predicted molar refractivity (Wildman–Crippen MR) is 132 cm³/mol. The van der Waals surface area contributed by atoms with E-state index >= 15 is 0 Å². The molecule has 2 bridgehead atoms. The average molecular weight is 496 g/mol. The minimum atomic E-state index is -0.230. The number of amides is 1. The molecule has 1 amide bonds. The van der Waals surface area contributed by atoms with Gasteiger partial charge in [-0.25, -0.2) is 9.37 Å². The van der Waals surface area contributed by atoms with E-state index in [1.165, 1.54) is 0 Å². The van der Waals surface area contributed by atoms with Crippen LogP contribution in [0.2, 0.25) is 0 Å². The first-order chi connectivity index (χ1) is 17.5. The van der Waals surface area contributed by atoms with Crippen molar-refractivity contribution in [2.45, 2.75) is 56.2 Å². The lowest BCUT2D eigenvalue weighted by atomic mass is 9.69. The second-order valence-corrected chi connectivity index (χ2v) is 10.1. The Kier molecular flexibility index (Phi) is 5.80. The van der Waals surface area contributed by atoms with Gasteiger partial charge in [0.2, 0.25) is 5.88 Å². The summed E-state index contributed by atoms with van der Waals surface area (Å²) >= 11 is 0. The number of halogens is 1. The number of carbonyl (C=O) groups is 1. The number of fused-ring (bicyclic) bond motifs is 5. The summed E-state index contributed by atoms with van der Waals surface area (Å²) in [5, 5.41) is 9.59. The summed E-state index contributed by atoms with van der Waals surface area (Å²) in [6, 6.07) is 5.53. The quantitative estimate of drug-likeness (QED) is 0.535. The molecular weight excluding hydrogens is 465 g/mol. The molecule has 7 rings (SSSR count). The van der Waals surface area contributed by atoms with E-state index in [4.69, 9.17) is 14.2 Å². The van der Waals surface area contributed by atoms with Crippen LogP contribution in [0.1, 0.15) is 49.9 Å². The van der Waals surface area contributed by atoms with E-state index in [0.717, 1.165) is 43.5 Å². The Morgan fingerprint density at radius 1 is 1.22 bits per heavy atom. The summed E-state index contributed by atoms with van der Waals surface area (Å²) in [5.74, 6) is 0.749. The standard InChI is InChI=1S/C26H30FN5O4/c1-34-23-3-2-19-24(32-23)17(18(27)12-29-19)4-5-26-8-6-25(7-9-26,15-36-26)30-11-16-10-20-21(13-28-16)35-14-22(33)31-20/h2-3,10,13,29-30H,4-9,11-12,14-15H2,1H3,(H,31,33). The van der Waals surface area contributed by atoms with Gasteiger partial charge < -0.3 is 30.2 Å².